The number of alkyl halides is 1. The summed E-state index contributed by atoms with van der Waals surface area (Å²) in [4.78, 5) is 6.45. The van der Waals surface area contributed by atoms with Crippen LogP contribution >= 0.6 is 23.2 Å². The van der Waals surface area contributed by atoms with E-state index in [-0.39, 0.29) is 4.87 Å². The van der Waals surface area contributed by atoms with Gasteiger partial charge in [0.25, 0.3) is 0 Å². The summed E-state index contributed by atoms with van der Waals surface area (Å²) in [6.07, 6.45) is 5.69. The summed E-state index contributed by atoms with van der Waals surface area (Å²) in [5, 5.41) is 8.92. The Morgan fingerprint density at radius 1 is 1.10 bits per heavy atom. The van der Waals surface area contributed by atoms with E-state index in [1.807, 2.05) is 12.1 Å². The van der Waals surface area contributed by atoms with Gasteiger partial charge in [-0.25, -0.2) is 4.98 Å². The lowest BCUT2D eigenvalue weighted by atomic mass is 9.76. The lowest BCUT2D eigenvalue weighted by Gasteiger charge is -2.36. The van der Waals surface area contributed by atoms with Crippen molar-refractivity contribution in [3.8, 4) is 5.69 Å². The first-order valence-electron chi connectivity index (χ1n) is 10.0. The Hall–Kier alpha value is -1.95. The zero-order chi connectivity index (χ0) is 20.0. The molecule has 1 fully saturated rings. The molecule has 3 aromatic rings. The summed E-state index contributed by atoms with van der Waals surface area (Å²) in [5.41, 5.74) is 4.71. The molecule has 7 heteroatoms. The predicted molar refractivity (Wildman–Crippen MR) is 115 cm³/mol. The van der Waals surface area contributed by atoms with Crippen LogP contribution in [-0.4, -0.2) is 31.7 Å². The highest BCUT2D eigenvalue weighted by molar-refractivity contribution is 6.29. The van der Waals surface area contributed by atoms with Gasteiger partial charge < -0.3 is 0 Å². The summed E-state index contributed by atoms with van der Waals surface area (Å²) < 4.78 is 2.09. The highest BCUT2D eigenvalue weighted by Gasteiger charge is 2.36. The normalized spacial score (nSPS) is 24.6. The van der Waals surface area contributed by atoms with Gasteiger partial charge in [0.05, 0.1) is 17.1 Å². The van der Waals surface area contributed by atoms with E-state index in [0.717, 1.165) is 56.0 Å². The Kier molecular flexibility index (Phi) is 4.85. The molecule has 5 nitrogen and oxygen atoms in total. The highest BCUT2D eigenvalue weighted by atomic mass is 35.5. The number of halogens is 2. The summed E-state index contributed by atoms with van der Waals surface area (Å²) in [5.74, 6) is 1.39. The monoisotopic (exact) mass is 427 g/mol. The van der Waals surface area contributed by atoms with E-state index in [1.54, 1.807) is 6.33 Å². The fourth-order valence-corrected chi connectivity index (χ4v) is 5.20. The van der Waals surface area contributed by atoms with Gasteiger partial charge in [0, 0.05) is 18.2 Å². The summed E-state index contributed by atoms with van der Waals surface area (Å²) in [7, 11) is 2.11. The van der Waals surface area contributed by atoms with Gasteiger partial charge in [-0.15, -0.1) is 21.8 Å². The molecular weight excluding hydrogens is 405 g/mol. The minimum absolute atomic E-state index is 0.328. The fourth-order valence-electron chi connectivity index (χ4n) is 4.69. The maximum atomic E-state index is 7.19. The van der Waals surface area contributed by atoms with E-state index in [0.29, 0.717) is 11.1 Å². The molecule has 0 bridgehead atoms. The van der Waals surface area contributed by atoms with Gasteiger partial charge in [-0.2, -0.15) is 0 Å². The zero-order valence-electron chi connectivity index (χ0n) is 16.4. The third-order valence-corrected chi connectivity index (χ3v) is 7.07. The molecule has 3 heterocycles. The number of fused-ring (bicyclic) bond motifs is 3. The van der Waals surface area contributed by atoms with Crippen LogP contribution in [0, 0.1) is 0 Å². The van der Waals surface area contributed by atoms with Crippen LogP contribution in [0.4, 0.5) is 0 Å². The SMILES string of the molecule is CN1Cc2cc(C3(Cl)CCC(c4cccc(Cl)n4)CC3)ccc2-n2cnnc2C1. The third kappa shape index (κ3) is 3.56. The molecule has 5 rings (SSSR count). The van der Waals surface area contributed by atoms with Gasteiger partial charge in [0.2, 0.25) is 0 Å². The van der Waals surface area contributed by atoms with Crippen molar-refractivity contribution in [3.05, 3.63) is 70.5 Å². The molecule has 0 N–H and O–H groups in total. The molecule has 2 aromatic heterocycles. The maximum Gasteiger partial charge on any atom is 0.151 e. The van der Waals surface area contributed by atoms with E-state index in [9.17, 15) is 0 Å². The molecule has 1 saturated carbocycles. The van der Waals surface area contributed by atoms with Crippen molar-refractivity contribution in [1.29, 1.82) is 0 Å². The molecule has 0 radical (unpaired) electrons. The highest BCUT2D eigenvalue weighted by Crippen LogP contribution is 2.48. The Labute approximate surface area is 180 Å². The largest absolute Gasteiger partial charge is 0.295 e. The number of rotatable bonds is 2. The van der Waals surface area contributed by atoms with Crippen molar-refractivity contribution < 1.29 is 0 Å². The number of hydrogen-bond acceptors (Lipinski definition) is 4. The van der Waals surface area contributed by atoms with Gasteiger partial charge in [-0.05, 0) is 62.1 Å². The summed E-state index contributed by atoms with van der Waals surface area (Å²) in [6.45, 7) is 1.65. The summed E-state index contributed by atoms with van der Waals surface area (Å²) >= 11 is 13.3. The predicted octanol–water partition coefficient (Wildman–Crippen LogP) is 5.05. The summed E-state index contributed by atoms with van der Waals surface area (Å²) in [6, 6.07) is 12.5. The maximum absolute atomic E-state index is 7.19. The Balaban J connectivity index is 1.41. The fraction of sp³-hybridized carbons (Fsp3) is 0.409. The van der Waals surface area contributed by atoms with Crippen molar-refractivity contribution in [3.63, 3.8) is 0 Å². The quantitative estimate of drug-likeness (QED) is 0.423. The average Bonchev–Trinajstić information content (AvgIpc) is 3.11. The zero-order valence-corrected chi connectivity index (χ0v) is 17.9. The molecule has 0 amide bonds. The molecule has 1 aromatic carbocycles. The van der Waals surface area contributed by atoms with Crippen LogP contribution in [0.5, 0.6) is 0 Å². The first-order chi connectivity index (χ1) is 14.0. The molecule has 0 saturated heterocycles. The minimum Gasteiger partial charge on any atom is -0.295 e. The molecule has 1 aliphatic heterocycles. The van der Waals surface area contributed by atoms with E-state index >= 15 is 0 Å². The molecule has 29 heavy (non-hydrogen) atoms. The van der Waals surface area contributed by atoms with E-state index < -0.39 is 0 Å². The van der Waals surface area contributed by atoms with Crippen LogP contribution in [0.1, 0.15) is 54.2 Å². The molecule has 150 valence electrons. The van der Waals surface area contributed by atoms with Crippen LogP contribution < -0.4 is 0 Å². The number of hydrogen-bond donors (Lipinski definition) is 0. The molecule has 0 unspecified atom stereocenters. The number of aromatic nitrogens is 4. The second kappa shape index (κ2) is 7.38. The van der Waals surface area contributed by atoms with Crippen molar-refractivity contribution in [2.24, 2.45) is 0 Å². The minimum atomic E-state index is -0.328. The standard InChI is InChI=1S/C22H23Cl2N5/c1-28-12-16-11-17(5-6-19(16)29-14-25-27-21(29)13-28)22(24)9-7-15(8-10-22)18-3-2-4-20(23)26-18/h2-6,11,14-15H,7-10,12-13H2,1H3. The van der Waals surface area contributed by atoms with Crippen molar-refractivity contribution in [2.75, 3.05) is 7.05 Å². The Morgan fingerprint density at radius 3 is 2.72 bits per heavy atom. The smallest absolute Gasteiger partial charge is 0.151 e. The van der Waals surface area contributed by atoms with Crippen LogP contribution in [0.25, 0.3) is 5.69 Å². The number of benzene rings is 1. The first-order valence-corrected chi connectivity index (χ1v) is 10.8. The van der Waals surface area contributed by atoms with Gasteiger partial charge in [-0.1, -0.05) is 29.8 Å². The third-order valence-electron chi connectivity index (χ3n) is 6.26. The van der Waals surface area contributed by atoms with Crippen LogP contribution in [0.2, 0.25) is 5.15 Å². The van der Waals surface area contributed by atoms with Gasteiger partial charge >= 0.3 is 0 Å². The van der Waals surface area contributed by atoms with Crippen molar-refractivity contribution >= 4 is 23.2 Å². The second-order valence-corrected chi connectivity index (χ2v) is 9.37. The van der Waals surface area contributed by atoms with Gasteiger partial charge in [0.1, 0.15) is 11.5 Å². The topological polar surface area (TPSA) is 46.8 Å². The molecule has 1 aliphatic carbocycles. The Morgan fingerprint density at radius 2 is 1.93 bits per heavy atom. The van der Waals surface area contributed by atoms with Crippen LogP contribution in [0.15, 0.2) is 42.7 Å². The molecule has 0 spiro atoms. The lowest BCUT2D eigenvalue weighted by molar-refractivity contribution is 0.314. The first kappa shape index (κ1) is 19.0. The molecule has 2 aliphatic rings. The van der Waals surface area contributed by atoms with Crippen molar-refractivity contribution in [1.82, 2.24) is 24.6 Å². The van der Waals surface area contributed by atoms with E-state index in [1.165, 1.54) is 11.1 Å². The van der Waals surface area contributed by atoms with Gasteiger partial charge in [0.15, 0.2) is 5.82 Å². The molecular formula is C22H23Cl2N5. The molecule has 0 atom stereocenters. The van der Waals surface area contributed by atoms with E-state index in [2.05, 4.69) is 56.0 Å². The van der Waals surface area contributed by atoms with Gasteiger partial charge in [-0.3, -0.25) is 9.47 Å². The van der Waals surface area contributed by atoms with Crippen molar-refractivity contribution in [2.45, 2.75) is 49.6 Å². The lowest BCUT2D eigenvalue weighted by Crippen LogP contribution is -2.26. The average molecular weight is 428 g/mol. The van der Waals surface area contributed by atoms with Crippen LogP contribution in [-0.2, 0) is 18.0 Å². The number of nitrogens with zero attached hydrogens (tertiary/aromatic N) is 5. The Bertz CT molecular complexity index is 1040. The van der Waals surface area contributed by atoms with Crippen LogP contribution in [0.3, 0.4) is 0 Å². The second-order valence-electron chi connectivity index (χ2n) is 8.26. The van der Waals surface area contributed by atoms with E-state index in [4.69, 9.17) is 23.2 Å². The number of pyridine rings is 1.